The molecule has 0 unspecified atom stereocenters. The number of ether oxygens (including phenoxy) is 2. The summed E-state index contributed by atoms with van der Waals surface area (Å²) in [7, 11) is 0. The number of benzene rings is 1. The van der Waals surface area contributed by atoms with Gasteiger partial charge in [0.2, 0.25) is 5.91 Å². The molecule has 1 N–H and O–H groups in total. The third kappa shape index (κ3) is 4.91. The number of nitrogens with zero attached hydrogens (tertiary/aromatic N) is 1. The van der Waals surface area contributed by atoms with Crippen LogP contribution in [0.5, 0.6) is 0 Å². The van der Waals surface area contributed by atoms with E-state index < -0.39 is 5.97 Å². The van der Waals surface area contributed by atoms with Crippen molar-refractivity contribution in [1.82, 2.24) is 4.90 Å². The van der Waals surface area contributed by atoms with Gasteiger partial charge >= 0.3 is 5.97 Å². The van der Waals surface area contributed by atoms with Gasteiger partial charge in [-0.2, -0.15) is 0 Å². The molecule has 28 heavy (non-hydrogen) atoms. The van der Waals surface area contributed by atoms with Gasteiger partial charge in [-0.15, -0.1) is 11.3 Å². The van der Waals surface area contributed by atoms with Crippen molar-refractivity contribution in [2.75, 3.05) is 44.8 Å². The summed E-state index contributed by atoms with van der Waals surface area (Å²) in [6.45, 7) is 6.90. The lowest BCUT2D eigenvalue weighted by molar-refractivity contribution is -0.118. The van der Waals surface area contributed by atoms with Gasteiger partial charge in [0.1, 0.15) is 10.6 Å². The Kier molecular flexibility index (Phi) is 7.07. The maximum atomic E-state index is 12.7. The van der Waals surface area contributed by atoms with E-state index in [0.717, 1.165) is 29.1 Å². The number of morpholine rings is 1. The number of hydrogen-bond acceptors (Lipinski definition) is 6. The summed E-state index contributed by atoms with van der Waals surface area (Å²) in [4.78, 5) is 28.2. The molecule has 1 aliphatic heterocycles. The number of hydrogen-bond donors (Lipinski definition) is 1. The highest BCUT2D eigenvalue weighted by molar-refractivity contribution is 7.17. The van der Waals surface area contributed by atoms with Gasteiger partial charge in [0.15, 0.2) is 0 Å². The Labute approximate surface area is 173 Å². The van der Waals surface area contributed by atoms with E-state index in [4.69, 9.17) is 21.1 Å². The normalized spacial score (nSPS) is 14.7. The van der Waals surface area contributed by atoms with Crippen LogP contribution in [0.2, 0.25) is 5.02 Å². The second-order valence-corrected chi connectivity index (χ2v) is 8.06. The topological polar surface area (TPSA) is 67.9 Å². The van der Waals surface area contributed by atoms with Crippen LogP contribution in [0, 0.1) is 6.92 Å². The average Bonchev–Trinajstić information content (AvgIpc) is 2.99. The predicted octanol–water partition coefficient (Wildman–Crippen LogP) is 3.82. The molecule has 0 aliphatic carbocycles. The zero-order chi connectivity index (χ0) is 20.1. The highest BCUT2D eigenvalue weighted by atomic mass is 35.5. The van der Waals surface area contributed by atoms with Crippen LogP contribution in [-0.4, -0.2) is 56.2 Å². The molecule has 1 fully saturated rings. The Hall–Kier alpha value is -1.93. The average molecular weight is 423 g/mol. The van der Waals surface area contributed by atoms with Crippen LogP contribution in [0.1, 0.15) is 22.2 Å². The molecule has 1 aromatic carbocycles. The molecule has 0 atom stereocenters. The quantitative estimate of drug-likeness (QED) is 0.716. The summed E-state index contributed by atoms with van der Waals surface area (Å²) >= 11 is 7.37. The van der Waals surface area contributed by atoms with Crippen LogP contribution in [0.3, 0.4) is 0 Å². The van der Waals surface area contributed by atoms with Crippen LogP contribution in [0.25, 0.3) is 11.1 Å². The van der Waals surface area contributed by atoms with E-state index in [1.165, 1.54) is 11.3 Å². The van der Waals surface area contributed by atoms with Crippen LogP contribution in [-0.2, 0) is 14.3 Å². The minimum Gasteiger partial charge on any atom is -0.462 e. The summed E-state index contributed by atoms with van der Waals surface area (Å²) in [5, 5.41) is 4.04. The third-order valence-corrected chi connectivity index (χ3v) is 5.69. The summed E-state index contributed by atoms with van der Waals surface area (Å²) in [5.74, 6) is -0.602. The molecule has 1 aromatic heterocycles. The molecule has 2 aromatic rings. The Bertz CT molecular complexity index is 845. The van der Waals surface area contributed by atoms with Crippen LogP contribution in [0.4, 0.5) is 5.00 Å². The first-order valence-electron chi connectivity index (χ1n) is 9.16. The number of halogens is 1. The molecule has 6 nitrogen and oxygen atoms in total. The Morgan fingerprint density at radius 1 is 1.25 bits per heavy atom. The van der Waals surface area contributed by atoms with E-state index in [0.29, 0.717) is 28.8 Å². The monoisotopic (exact) mass is 422 g/mol. The first-order valence-corrected chi connectivity index (χ1v) is 10.4. The molecule has 150 valence electrons. The van der Waals surface area contributed by atoms with E-state index in [-0.39, 0.29) is 19.1 Å². The zero-order valence-electron chi connectivity index (χ0n) is 15.9. The number of carbonyl (C=O) groups is 2. The molecular weight excluding hydrogens is 400 g/mol. The lowest BCUT2D eigenvalue weighted by Gasteiger charge is -2.25. The van der Waals surface area contributed by atoms with Crippen LogP contribution in [0.15, 0.2) is 24.3 Å². The Morgan fingerprint density at radius 2 is 1.93 bits per heavy atom. The maximum Gasteiger partial charge on any atom is 0.341 e. The van der Waals surface area contributed by atoms with Gasteiger partial charge in [0.25, 0.3) is 0 Å². The van der Waals surface area contributed by atoms with Crippen molar-refractivity contribution >= 4 is 39.8 Å². The fraction of sp³-hybridized carbons (Fsp3) is 0.400. The number of anilines is 1. The zero-order valence-corrected chi connectivity index (χ0v) is 17.5. The highest BCUT2D eigenvalue weighted by Crippen LogP contribution is 2.40. The third-order valence-electron chi connectivity index (χ3n) is 4.42. The first-order chi connectivity index (χ1) is 13.5. The molecule has 3 rings (SSSR count). The Balaban J connectivity index is 1.89. The molecular formula is C20H23ClN2O4S. The van der Waals surface area contributed by atoms with Gasteiger partial charge in [-0.1, -0.05) is 23.7 Å². The van der Waals surface area contributed by atoms with Gasteiger partial charge < -0.3 is 14.8 Å². The predicted molar refractivity (Wildman–Crippen MR) is 111 cm³/mol. The summed E-state index contributed by atoms with van der Waals surface area (Å²) in [5.41, 5.74) is 2.01. The van der Waals surface area contributed by atoms with E-state index in [1.807, 2.05) is 24.0 Å². The first kappa shape index (κ1) is 20.8. The van der Waals surface area contributed by atoms with Crippen molar-refractivity contribution in [2.24, 2.45) is 0 Å². The number of amides is 1. The minimum absolute atomic E-state index is 0.156. The van der Waals surface area contributed by atoms with Crippen molar-refractivity contribution in [3.05, 3.63) is 39.7 Å². The summed E-state index contributed by atoms with van der Waals surface area (Å²) in [6, 6.07) is 7.28. The van der Waals surface area contributed by atoms with E-state index in [9.17, 15) is 9.59 Å². The molecule has 2 heterocycles. The van der Waals surface area contributed by atoms with Gasteiger partial charge in [0, 0.05) is 28.6 Å². The number of nitrogens with one attached hydrogen (secondary N) is 1. The number of carbonyl (C=O) groups excluding carboxylic acids is 2. The summed E-state index contributed by atoms with van der Waals surface area (Å²) < 4.78 is 10.6. The molecule has 1 aliphatic rings. The molecule has 8 heteroatoms. The van der Waals surface area contributed by atoms with Crippen LogP contribution >= 0.6 is 22.9 Å². The lowest BCUT2D eigenvalue weighted by Crippen LogP contribution is -2.41. The van der Waals surface area contributed by atoms with Crippen molar-refractivity contribution in [1.29, 1.82) is 0 Å². The lowest BCUT2D eigenvalue weighted by atomic mass is 10.0. The number of aryl methyl sites for hydroxylation is 1. The number of thiophene rings is 1. The van der Waals surface area contributed by atoms with E-state index in [2.05, 4.69) is 5.32 Å². The standard InChI is InChI=1S/C20H23ClN2O4S/c1-3-27-20(25)18-17(14-4-6-15(21)7-5-14)13(2)28-19(18)22-16(24)12-23-8-10-26-11-9-23/h4-7H,3,8-12H2,1-2H3,(H,22,24). The molecule has 0 spiro atoms. The number of rotatable bonds is 6. The number of esters is 1. The molecule has 1 amide bonds. The van der Waals surface area contributed by atoms with Crippen molar-refractivity contribution in [3.63, 3.8) is 0 Å². The second kappa shape index (κ2) is 9.52. The molecule has 0 saturated carbocycles. The fourth-order valence-corrected chi connectivity index (χ4v) is 4.33. The fourth-order valence-electron chi connectivity index (χ4n) is 3.12. The van der Waals surface area contributed by atoms with Crippen molar-refractivity contribution in [3.8, 4) is 11.1 Å². The highest BCUT2D eigenvalue weighted by Gasteiger charge is 2.26. The maximum absolute atomic E-state index is 12.7. The van der Waals surface area contributed by atoms with Crippen LogP contribution < -0.4 is 5.32 Å². The SMILES string of the molecule is CCOC(=O)c1c(NC(=O)CN2CCOCC2)sc(C)c1-c1ccc(Cl)cc1. The van der Waals surface area contributed by atoms with Crippen molar-refractivity contribution < 1.29 is 19.1 Å². The molecule has 0 radical (unpaired) electrons. The molecule has 1 saturated heterocycles. The largest absolute Gasteiger partial charge is 0.462 e. The van der Waals surface area contributed by atoms with Gasteiger partial charge in [-0.05, 0) is 31.5 Å². The van der Waals surface area contributed by atoms with E-state index in [1.54, 1.807) is 19.1 Å². The smallest absolute Gasteiger partial charge is 0.341 e. The summed E-state index contributed by atoms with van der Waals surface area (Å²) in [6.07, 6.45) is 0. The van der Waals surface area contributed by atoms with E-state index >= 15 is 0 Å². The van der Waals surface area contributed by atoms with Gasteiger partial charge in [0.05, 0.1) is 26.4 Å². The molecule has 0 bridgehead atoms. The van der Waals surface area contributed by atoms with Gasteiger partial charge in [-0.3, -0.25) is 9.69 Å². The van der Waals surface area contributed by atoms with Crippen molar-refractivity contribution in [2.45, 2.75) is 13.8 Å². The second-order valence-electron chi connectivity index (χ2n) is 6.40. The van der Waals surface area contributed by atoms with Gasteiger partial charge in [-0.25, -0.2) is 4.79 Å². The minimum atomic E-state index is -0.446. The Morgan fingerprint density at radius 3 is 2.57 bits per heavy atom.